The van der Waals surface area contributed by atoms with Gasteiger partial charge in [0.15, 0.2) is 0 Å². The largest absolute Gasteiger partial charge is 0.460 e. The summed E-state index contributed by atoms with van der Waals surface area (Å²) >= 11 is 0. The smallest absolute Gasteiger partial charge is 0.374 e. The van der Waals surface area contributed by atoms with E-state index in [2.05, 4.69) is 23.8 Å². The summed E-state index contributed by atoms with van der Waals surface area (Å²) in [6.07, 6.45) is 10.0. The van der Waals surface area contributed by atoms with Crippen molar-refractivity contribution in [3.63, 3.8) is 0 Å². The first-order valence-electron chi connectivity index (χ1n) is 5.86. The van der Waals surface area contributed by atoms with Crippen LogP contribution in [0, 0.1) is 0 Å². The Balaban J connectivity index is 2.43. The van der Waals surface area contributed by atoms with Crippen molar-refractivity contribution in [3.8, 4) is 0 Å². The van der Waals surface area contributed by atoms with Crippen molar-refractivity contribution in [2.75, 3.05) is 37.7 Å². The van der Waals surface area contributed by atoms with Crippen LogP contribution in [0.15, 0.2) is 12.4 Å². The highest BCUT2D eigenvalue weighted by Gasteiger charge is 2.13. The molecular weight excluding hydrogens is 252 g/mol. The topological polar surface area (TPSA) is 53.3 Å². The minimum atomic E-state index is -0.542. The zero-order chi connectivity index (χ0) is 13.6. The first kappa shape index (κ1) is 15.0. The van der Waals surface area contributed by atoms with Crippen molar-refractivity contribution in [3.05, 3.63) is 18.2 Å². The lowest BCUT2D eigenvalue weighted by Crippen LogP contribution is -2.16. The molecule has 0 saturated heterocycles. The number of imidazole rings is 1. The van der Waals surface area contributed by atoms with Gasteiger partial charge in [0.1, 0.15) is 6.73 Å². The fourth-order valence-corrected chi connectivity index (χ4v) is 1.89. The molecule has 0 aliphatic heterocycles. The second kappa shape index (κ2) is 6.80. The summed E-state index contributed by atoms with van der Waals surface area (Å²) in [4.78, 5) is 15.5. The minimum Gasteiger partial charge on any atom is -0.460 e. The van der Waals surface area contributed by atoms with Gasteiger partial charge in [-0.05, 0) is 25.7 Å². The molecule has 0 radical (unpaired) electrons. The van der Waals surface area contributed by atoms with Crippen LogP contribution in [-0.2, 0) is 16.2 Å². The van der Waals surface area contributed by atoms with E-state index in [1.54, 1.807) is 23.9 Å². The van der Waals surface area contributed by atoms with E-state index in [4.69, 9.17) is 9.47 Å². The standard InChI is InChI=1S/C12H22N2O3S/c1-5-17-12(15)11-13-6-7-14(11)10-16-8-9-18(2,3)4/h6-7H,5,8-10H2,1-4H3. The lowest BCUT2D eigenvalue weighted by molar-refractivity contribution is 0.0466. The fourth-order valence-electron chi connectivity index (χ4n) is 1.27. The number of rotatable bonds is 7. The molecule has 0 aromatic carbocycles. The van der Waals surface area contributed by atoms with E-state index in [1.807, 2.05) is 0 Å². The Kier molecular flexibility index (Phi) is 5.68. The van der Waals surface area contributed by atoms with Gasteiger partial charge in [0.2, 0.25) is 5.82 Å². The van der Waals surface area contributed by atoms with Crippen molar-refractivity contribution in [2.24, 2.45) is 0 Å². The molecule has 104 valence electrons. The molecule has 0 unspecified atom stereocenters. The Morgan fingerprint density at radius 2 is 2.17 bits per heavy atom. The second-order valence-electron chi connectivity index (χ2n) is 4.77. The van der Waals surface area contributed by atoms with Crippen molar-refractivity contribution in [2.45, 2.75) is 13.7 Å². The van der Waals surface area contributed by atoms with Gasteiger partial charge in [0.05, 0.1) is 13.2 Å². The molecular formula is C12H22N2O3S. The molecule has 0 fully saturated rings. The third-order valence-electron chi connectivity index (χ3n) is 2.24. The van der Waals surface area contributed by atoms with Gasteiger partial charge in [-0.15, -0.1) is 0 Å². The van der Waals surface area contributed by atoms with Crippen LogP contribution >= 0.6 is 10.0 Å². The van der Waals surface area contributed by atoms with E-state index >= 15 is 0 Å². The summed E-state index contributed by atoms with van der Waals surface area (Å²) in [7, 11) is -0.542. The maximum absolute atomic E-state index is 11.6. The molecule has 18 heavy (non-hydrogen) atoms. The number of nitrogens with zero attached hydrogens (tertiary/aromatic N) is 2. The highest BCUT2D eigenvalue weighted by molar-refractivity contribution is 8.32. The molecule has 0 N–H and O–H groups in total. The van der Waals surface area contributed by atoms with E-state index in [-0.39, 0.29) is 0 Å². The number of ether oxygens (including phenoxy) is 2. The summed E-state index contributed by atoms with van der Waals surface area (Å²) in [5.74, 6) is 0.934. The average Bonchev–Trinajstić information content (AvgIpc) is 2.71. The first-order valence-corrected chi connectivity index (χ1v) is 8.88. The zero-order valence-electron chi connectivity index (χ0n) is 11.5. The number of aromatic nitrogens is 2. The Labute approximate surface area is 110 Å². The lowest BCUT2D eigenvalue weighted by atomic mass is 10.6. The second-order valence-corrected chi connectivity index (χ2v) is 9.36. The van der Waals surface area contributed by atoms with Gasteiger partial charge in [0, 0.05) is 18.1 Å². The summed E-state index contributed by atoms with van der Waals surface area (Å²) in [6, 6.07) is 0. The quantitative estimate of drug-likeness (QED) is 0.561. The van der Waals surface area contributed by atoms with E-state index in [0.29, 0.717) is 25.8 Å². The average molecular weight is 274 g/mol. The number of hydrogen-bond acceptors (Lipinski definition) is 4. The molecule has 0 aliphatic carbocycles. The van der Waals surface area contributed by atoms with Crippen molar-refractivity contribution in [1.29, 1.82) is 0 Å². The van der Waals surface area contributed by atoms with Gasteiger partial charge < -0.3 is 14.0 Å². The van der Waals surface area contributed by atoms with Gasteiger partial charge in [-0.25, -0.2) is 19.8 Å². The van der Waals surface area contributed by atoms with Crippen LogP contribution in [-0.4, -0.2) is 53.3 Å². The zero-order valence-corrected chi connectivity index (χ0v) is 12.3. The molecule has 0 atom stereocenters. The van der Waals surface area contributed by atoms with E-state index in [1.165, 1.54) is 0 Å². The maximum Gasteiger partial charge on any atom is 0.374 e. The van der Waals surface area contributed by atoms with Crippen molar-refractivity contribution in [1.82, 2.24) is 9.55 Å². The molecule has 5 nitrogen and oxygen atoms in total. The summed E-state index contributed by atoms with van der Waals surface area (Å²) in [5.41, 5.74) is 0. The van der Waals surface area contributed by atoms with E-state index in [0.717, 1.165) is 5.75 Å². The Hall–Kier alpha value is -1.01. The molecule has 6 heteroatoms. The van der Waals surface area contributed by atoms with Crippen molar-refractivity contribution >= 4 is 16.0 Å². The molecule has 0 saturated carbocycles. The summed E-state index contributed by atoms with van der Waals surface area (Å²) in [6.45, 7) is 3.15. The van der Waals surface area contributed by atoms with Crippen LogP contribution in [0.2, 0.25) is 0 Å². The Morgan fingerprint density at radius 3 is 2.78 bits per heavy atom. The number of hydrogen-bond donors (Lipinski definition) is 0. The molecule has 0 aliphatic rings. The van der Waals surface area contributed by atoms with Gasteiger partial charge in [0.25, 0.3) is 0 Å². The normalized spacial score (nSPS) is 12.4. The van der Waals surface area contributed by atoms with Gasteiger partial charge in [-0.3, -0.25) is 0 Å². The van der Waals surface area contributed by atoms with Gasteiger partial charge >= 0.3 is 5.97 Å². The van der Waals surface area contributed by atoms with E-state index in [9.17, 15) is 4.79 Å². The number of carbonyl (C=O) groups is 1. The first-order chi connectivity index (χ1) is 8.44. The van der Waals surface area contributed by atoms with Crippen LogP contribution in [0.4, 0.5) is 0 Å². The summed E-state index contributed by atoms with van der Waals surface area (Å²) in [5, 5.41) is 0. The molecule has 1 aromatic rings. The molecule has 0 bridgehead atoms. The molecule has 1 heterocycles. The highest BCUT2D eigenvalue weighted by atomic mass is 32.3. The van der Waals surface area contributed by atoms with Crippen molar-refractivity contribution < 1.29 is 14.3 Å². The van der Waals surface area contributed by atoms with Crippen LogP contribution in [0.25, 0.3) is 0 Å². The van der Waals surface area contributed by atoms with Crippen LogP contribution in [0.3, 0.4) is 0 Å². The Bertz CT molecular complexity index is 385. The Morgan fingerprint density at radius 1 is 1.44 bits per heavy atom. The van der Waals surface area contributed by atoms with Crippen LogP contribution in [0.5, 0.6) is 0 Å². The SMILES string of the molecule is CCOC(=O)c1nccn1COCCS(C)(C)C. The summed E-state index contributed by atoms with van der Waals surface area (Å²) < 4.78 is 12.1. The fraction of sp³-hybridized carbons (Fsp3) is 0.667. The molecule has 0 amide bonds. The third kappa shape index (κ3) is 5.10. The predicted octanol–water partition coefficient (Wildman–Crippen LogP) is 1.73. The number of carbonyl (C=O) groups excluding carboxylic acids is 1. The van der Waals surface area contributed by atoms with Crippen LogP contribution < -0.4 is 0 Å². The van der Waals surface area contributed by atoms with Gasteiger partial charge in [-0.2, -0.15) is 0 Å². The minimum absolute atomic E-state index is 0.292. The predicted molar refractivity (Wildman–Crippen MR) is 74.4 cm³/mol. The van der Waals surface area contributed by atoms with E-state index < -0.39 is 16.0 Å². The molecule has 1 aromatic heterocycles. The maximum atomic E-state index is 11.6. The van der Waals surface area contributed by atoms with Gasteiger partial charge in [-0.1, -0.05) is 0 Å². The lowest BCUT2D eigenvalue weighted by Gasteiger charge is -2.24. The molecule has 0 spiro atoms. The highest BCUT2D eigenvalue weighted by Crippen LogP contribution is 2.33. The van der Waals surface area contributed by atoms with Crippen LogP contribution in [0.1, 0.15) is 17.5 Å². The monoisotopic (exact) mass is 274 g/mol. The number of esters is 1. The third-order valence-corrected chi connectivity index (χ3v) is 3.64. The molecule has 1 rings (SSSR count).